The molecule has 0 spiro atoms. The molecule has 0 saturated heterocycles. The maximum atomic E-state index is 2.53. The molecule has 0 atom stereocenters. The second-order valence-corrected chi connectivity index (χ2v) is 12.9. The Bertz CT molecular complexity index is 2360. The average Bonchev–Trinajstić information content (AvgIpc) is 3.81. The molecule has 0 aliphatic heterocycles. The molecular weight excluding hydrogens is 544 g/mol. The summed E-state index contributed by atoms with van der Waals surface area (Å²) in [4.78, 5) is 0. The van der Waals surface area contributed by atoms with Crippen LogP contribution < -0.4 is 0 Å². The van der Waals surface area contributed by atoms with Gasteiger partial charge in [0.15, 0.2) is 0 Å². The summed E-state index contributed by atoms with van der Waals surface area (Å²) in [6.45, 7) is 6.47. The van der Waals surface area contributed by atoms with Gasteiger partial charge in [0, 0.05) is 56.7 Å². The van der Waals surface area contributed by atoms with Crippen molar-refractivity contribution in [3.05, 3.63) is 143 Å². The van der Waals surface area contributed by atoms with Crippen LogP contribution in [0.2, 0.25) is 0 Å². The van der Waals surface area contributed by atoms with Gasteiger partial charge in [-0.1, -0.05) is 84.9 Å². The summed E-state index contributed by atoms with van der Waals surface area (Å²) in [6.07, 6.45) is 2.94. The predicted octanol–water partition coefficient (Wildman–Crippen LogP) is 10.7. The first-order valence-electron chi connectivity index (χ1n) is 16.5. The highest BCUT2D eigenvalue weighted by Crippen LogP contribution is 2.48. The SMILES string of the molecule is CCn1c2cccc(Cc3cccc4c3c3c5c(ccc3n4CC)Cc3ccccc3-5)c2c2c3c(ccc21)Cc1ccccc1-3. The molecule has 2 heterocycles. The van der Waals surface area contributed by atoms with Gasteiger partial charge in [0.25, 0.3) is 0 Å². The summed E-state index contributed by atoms with van der Waals surface area (Å²) in [6, 6.07) is 41.6. The number of hydrogen-bond acceptors (Lipinski definition) is 0. The van der Waals surface area contributed by atoms with Crippen molar-refractivity contribution in [2.45, 2.75) is 46.2 Å². The van der Waals surface area contributed by atoms with E-state index in [0.717, 1.165) is 32.4 Å². The van der Waals surface area contributed by atoms with E-state index in [9.17, 15) is 0 Å². The number of aromatic nitrogens is 2. The third kappa shape index (κ3) is 3.29. The van der Waals surface area contributed by atoms with Crippen molar-refractivity contribution >= 4 is 43.6 Å². The van der Waals surface area contributed by atoms with Crippen LogP contribution in [0.3, 0.4) is 0 Å². The van der Waals surface area contributed by atoms with E-state index in [-0.39, 0.29) is 0 Å². The van der Waals surface area contributed by atoms with Crippen LogP contribution in [0.1, 0.15) is 47.2 Å². The number of hydrogen-bond donors (Lipinski definition) is 0. The van der Waals surface area contributed by atoms with Gasteiger partial charge in [-0.2, -0.15) is 0 Å². The quantitative estimate of drug-likeness (QED) is 0.197. The van der Waals surface area contributed by atoms with Gasteiger partial charge in [-0.15, -0.1) is 0 Å². The zero-order chi connectivity index (χ0) is 29.8. The Morgan fingerprint density at radius 1 is 0.422 bits per heavy atom. The van der Waals surface area contributed by atoms with Crippen molar-refractivity contribution < 1.29 is 0 Å². The second kappa shape index (κ2) is 9.22. The number of rotatable bonds is 4. The summed E-state index contributed by atoms with van der Waals surface area (Å²) in [5, 5.41) is 5.72. The number of benzene rings is 6. The van der Waals surface area contributed by atoms with E-state index in [1.54, 1.807) is 0 Å². The zero-order valence-corrected chi connectivity index (χ0v) is 25.8. The molecule has 0 unspecified atom stereocenters. The van der Waals surface area contributed by atoms with Crippen molar-refractivity contribution in [3.63, 3.8) is 0 Å². The first-order chi connectivity index (χ1) is 22.2. The van der Waals surface area contributed by atoms with Gasteiger partial charge in [-0.05, 0) is 113 Å². The van der Waals surface area contributed by atoms with Gasteiger partial charge in [-0.3, -0.25) is 0 Å². The van der Waals surface area contributed by atoms with E-state index in [4.69, 9.17) is 0 Å². The molecule has 2 heteroatoms. The molecule has 10 rings (SSSR count). The van der Waals surface area contributed by atoms with E-state index in [1.165, 1.54) is 99.2 Å². The fourth-order valence-electron chi connectivity index (χ4n) is 9.02. The second-order valence-electron chi connectivity index (χ2n) is 12.9. The fraction of sp³-hybridized carbons (Fsp3) is 0.163. The van der Waals surface area contributed by atoms with Crippen molar-refractivity contribution in [3.8, 4) is 22.3 Å². The molecule has 0 bridgehead atoms. The van der Waals surface area contributed by atoms with Crippen LogP contribution in [0.15, 0.2) is 109 Å². The standard InChI is InChI=1S/C43H34N2/c1-3-44-34-17-9-13-28(40(34)42-36(44)21-19-30-23-26-11-5-7-15-32(26)38(30)42)25-29-14-10-18-35-41(29)43-37(45(35)4-2)22-20-31-24-27-12-6-8-16-33(27)39(31)43/h5-22H,3-4,23-25H2,1-2H3. The van der Waals surface area contributed by atoms with Crippen molar-refractivity contribution in [2.24, 2.45) is 0 Å². The third-order valence-electron chi connectivity index (χ3n) is 10.8. The van der Waals surface area contributed by atoms with Crippen LogP contribution in [0, 0.1) is 0 Å². The fourth-order valence-corrected chi connectivity index (χ4v) is 9.02. The molecule has 2 nitrogen and oxygen atoms in total. The minimum absolute atomic E-state index is 0.900. The van der Waals surface area contributed by atoms with Crippen LogP contribution >= 0.6 is 0 Å². The summed E-state index contributed by atoms with van der Waals surface area (Å²) >= 11 is 0. The highest BCUT2D eigenvalue weighted by atomic mass is 15.0. The Labute approximate surface area is 263 Å². The lowest BCUT2D eigenvalue weighted by Gasteiger charge is -2.11. The molecule has 2 aromatic heterocycles. The average molecular weight is 579 g/mol. The van der Waals surface area contributed by atoms with E-state index in [0.29, 0.717) is 0 Å². The van der Waals surface area contributed by atoms with Crippen LogP contribution in [-0.4, -0.2) is 9.13 Å². The Kier molecular flexibility index (Phi) is 5.18. The molecule has 6 aromatic carbocycles. The maximum absolute atomic E-state index is 2.53. The lowest BCUT2D eigenvalue weighted by molar-refractivity contribution is 0.826. The lowest BCUT2D eigenvalue weighted by Crippen LogP contribution is -1.95. The topological polar surface area (TPSA) is 9.86 Å². The van der Waals surface area contributed by atoms with Crippen LogP contribution in [0.4, 0.5) is 0 Å². The van der Waals surface area contributed by atoms with E-state index in [1.807, 2.05) is 0 Å². The van der Waals surface area contributed by atoms with E-state index < -0.39 is 0 Å². The van der Waals surface area contributed by atoms with Crippen molar-refractivity contribution in [1.82, 2.24) is 9.13 Å². The minimum atomic E-state index is 0.900. The molecule has 0 saturated carbocycles. The Balaban J connectivity index is 1.28. The van der Waals surface area contributed by atoms with Gasteiger partial charge in [0.05, 0.1) is 0 Å². The molecule has 0 fully saturated rings. The molecule has 45 heavy (non-hydrogen) atoms. The maximum Gasteiger partial charge on any atom is 0.0497 e. The molecular formula is C43H34N2. The molecule has 216 valence electrons. The molecule has 0 radical (unpaired) electrons. The predicted molar refractivity (Wildman–Crippen MR) is 190 cm³/mol. The largest absolute Gasteiger partial charge is 0.341 e. The van der Waals surface area contributed by atoms with Gasteiger partial charge >= 0.3 is 0 Å². The van der Waals surface area contributed by atoms with Crippen molar-refractivity contribution in [2.75, 3.05) is 0 Å². The molecule has 0 amide bonds. The highest BCUT2D eigenvalue weighted by Gasteiger charge is 2.27. The summed E-state index contributed by atoms with van der Waals surface area (Å²) in [7, 11) is 0. The van der Waals surface area contributed by atoms with Crippen LogP contribution in [-0.2, 0) is 32.4 Å². The molecule has 0 N–H and O–H groups in total. The van der Waals surface area contributed by atoms with Crippen LogP contribution in [0.5, 0.6) is 0 Å². The zero-order valence-electron chi connectivity index (χ0n) is 25.8. The smallest absolute Gasteiger partial charge is 0.0497 e. The number of aryl methyl sites for hydroxylation is 2. The Morgan fingerprint density at radius 2 is 0.867 bits per heavy atom. The summed E-state index contributed by atoms with van der Waals surface area (Å²) in [5.41, 5.74) is 19.7. The van der Waals surface area contributed by atoms with Crippen molar-refractivity contribution in [1.29, 1.82) is 0 Å². The Morgan fingerprint density at radius 3 is 1.33 bits per heavy atom. The van der Waals surface area contributed by atoms with Gasteiger partial charge < -0.3 is 9.13 Å². The summed E-state index contributed by atoms with van der Waals surface area (Å²) < 4.78 is 5.06. The van der Waals surface area contributed by atoms with Gasteiger partial charge in [-0.25, -0.2) is 0 Å². The first-order valence-corrected chi connectivity index (χ1v) is 16.5. The van der Waals surface area contributed by atoms with Gasteiger partial charge in [0.1, 0.15) is 0 Å². The first kappa shape index (κ1) is 25.3. The number of nitrogens with zero attached hydrogens (tertiary/aromatic N) is 2. The molecule has 2 aliphatic rings. The normalized spacial score (nSPS) is 13.2. The molecule has 8 aromatic rings. The highest BCUT2D eigenvalue weighted by molar-refractivity contribution is 6.20. The van der Waals surface area contributed by atoms with Gasteiger partial charge in [0.2, 0.25) is 0 Å². The number of fused-ring (bicyclic) bond motifs is 14. The van der Waals surface area contributed by atoms with E-state index in [2.05, 4.69) is 132 Å². The Hall–Kier alpha value is -5.08. The third-order valence-corrected chi connectivity index (χ3v) is 10.8. The molecule has 2 aliphatic carbocycles. The summed E-state index contributed by atoms with van der Waals surface area (Å²) in [5.74, 6) is 0. The lowest BCUT2D eigenvalue weighted by atomic mass is 9.92. The van der Waals surface area contributed by atoms with Crippen LogP contribution in [0.25, 0.3) is 65.9 Å². The minimum Gasteiger partial charge on any atom is -0.341 e. The van der Waals surface area contributed by atoms with E-state index >= 15 is 0 Å². The monoisotopic (exact) mass is 578 g/mol.